The predicted molar refractivity (Wildman–Crippen MR) is 82.0 cm³/mol. The number of Topliss-reactive ketones (excluding diaryl/α,β-unsaturated/α-hetero) is 1. The minimum Gasteiger partial charge on any atom is -0.316 e. The standard InChI is InChI=1S/C17H24FN2O/c1-2-16(21)17(19)15-9-5-6-11-20(15)12-10-13-7-3-4-8-14(13)18/h3-4,7-8,15H,2,5-6,9-12,19H2,1H3. The van der Waals surface area contributed by atoms with E-state index in [0.717, 1.165) is 37.9 Å². The second-order valence-corrected chi connectivity index (χ2v) is 5.62. The summed E-state index contributed by atoms with van der Waals surface area (Å²) < 4.78 is 13.7. The first-order valence-corrected chi connectivity index (χ1v) is 7.76. The molecule has 0 bridgehead atoms. The van der Waals surface area contributed by atoms with Gasteiger partial charge in [0.1, 0.15) is 11.9 Å². The minimum absolute atomic E-state index is 0.0259. The van der Waals surface area contributed by atoms with Crippen molar-refractivity contribution in [1.29, 1.82) is 0 Å². The van der Waals surface area contributed by atoms with Crippen LogP contribution in [0.1, 0.15) is 38.2 Å². The molecule has 1 radical (unpaired) electrons. The first-order chi connectivity index (χ1) is 10.1. The van der Waals surface area contributed by atoms with E-state index in [-0.39, 0.29) is 17.6 Å². The van der Waals surface area contributed by atoms with E-state index in [1.54, 1.807) is 6.07 Å². The molecule has 3 nitrogen and oxygen atoms in total. The van der Waals surface area contributed by atoms with Gasteiger partial charge in [0.15, 0.2) is 5.78 Å². The Bertz CT molecular complexity index is 478. The number of halogens is 1. The van der Waals surface area contributed by atoms with Crippen LogP contribution in [0.25, 0.3) is 0 Å². The van der Waals surface area contributed by atoms with Crippen molar-refractivity contribution in [2.45, 2.75) is 45.1 Å². The number of ketones is 1. The quantitative estimate of drug-likeness (QED) is 0.876. The highest BCUT2D eigenvalue weighted by atomic mass is 19.1. The van der Waals surface area contributed by atoms with Gasteiger partial charge in [-0.1, -0.05) is 31.5 Å². The van der Waals surface area contributed by atoms with Crippen LogP contribution in [0.2, 0.25) is 0 Å². The molecule has 2 N–H and O–H groups in total. The summed E-state index contributed by atoms with van der Waals surface area (Å²) in [7, 11) is 0. The van der Waals surface area contributed by atoms with Crippen molar-refractivity contribution < 1.29 is 9.18 Å². The zero-order valence-corrected chi connectivity index (χ0v) is 12.6. The number of piperidine rings is 1. The van der Waals surface area contributed by atoms with Crippen molar-refractivity contribution >= 4 is 5.78 Å². The fourth-order valence-corrected chi connectivity index (χ4v) is 2.97. The van der Waals surface area contributed by atoms with Crippen LogP contribution in [0.4, 0.5) is 4.39 Å². The maximum Gasteiger partial charge on any atom is 0.156 e. The third-order valence-electron chi connectivity index (χ3n) is 4.24. The molecular weight excluding hydrogens is 267 g/mol. The molecule has 1 atom stereocenters. The third kappa shape index (κ3) is 4.11. The van der Waals surface area contributed by atoms with Gasteiger partial charge in [0, 0.05) is 19.0 Å². The first kappa shape index (κ1) is 16.1. The van der Waals surface area contributed by atoms with E-state index in [0.29, 0.717) is 18.9 Å². The summed E-state index contributed by atoms with van der Waals surface area (Å²) >= 11 is 0. The maximum atomic E-state index is 13.7. The topological polar surface area (TPSA) is 46.3 Å². The monoisotopic (exact) mass is 291 g/mol. The number of hydrogen-bond donors (Lipinski definition) is 1. The van der Waals surface area contributed by atoms with Crippen LogP contribution in [0.3, 0.4) is 0 Å². The third-order valence-corrected chi connectivity index (χ3v) is 4.24. The van der Waals surface area contributed by atoms with Gasteiger partial charge in [-0.2, -0.15) is 0 Å². The van der Waals surface area contributed by atoms with Crippen molar-refractivity contribution in [2.24, 2.45) is 5.73 Å². The lowest BCUT2D eigenvalue weighted by Gasteiger charge is -2.38. The van der Waals surface area contributed by atoms with E-state index in [1.165, 1.54) is 6.07 Å². The summed E-state index contributed by atoms with van der Waals surface area (Å²) in [5.41, 5.74) is 6.77. The summed E-state index contributed by atoms with van der Waals surface area (Å²) in [6.45, 7) is 3.50. The Morgan fingerprint density at radius 1 is 1.38 bits per heavy atom. The summed E-state index contributed by atoms with van der Waals surface area (Å²) in [6.07, 6.45) is 4.23. The smallest absolute Gasteiger partial charge is 0.156 e. The largest absolute Gasteiger partial charge is 0.316 e. The molecule has 0 aromatic heterocycles. The highest BCUT2D eigenvalue weighted by Crippen LogP contribution is 2.24. The van der Waals surface area contributed by atoms with Crippen LogP contribution in [0.5, 0.6) is 0 Å². The maximum absolute atomic E-state index is 13.7. The van der Waals surface area contributed by atoms with Crippen molar-refractivity contribution in [3.63, 3.8) is 0 Å². The van der Waals surface area contributed by atoms with E-state index < -0.39 is 0 Å². The van der Waals surface area contributed by atoms with Crippen molar-refractivity contribution in [2.75, 3.05) is 13.1 Å². The molecule has 2 rings (SSSR count). The number of benzene rings is 1. The molecule has 1 aromatic carbocycles. The van der Waals surface area contributed by atoms with Gasteiger partial charge in [0.2, 0.25) is 0 Å². The van der Waals surface area contributed by atoms with Crippen LogP contribution >= 0.6 is 0 Å². The molecule has 0 saturated carbocycles. The molecule has 0 aliphatic carbocycles. The molecule has 0 spiro atoms. The Kier molecular flexibility index (Phi) is 5.88. The number of nitrogens with two attached hydrogens (primary N) is 1. The highest BCUT2D eigenvalue weighted by molar-refractivity contribution is 5.91. The molecule has 1 fully saturated rings. The summed E-state index contributed by atoms with van der Waals surface area (Å²) in [6, 6.07) is 7.37. The molecule has 1 aliphatic rings. The number of hydrogen-bond acceptors (Lipinski definition) is 3. The number of carbonyl (C=O) groups excluding carboxylic acids is 1. The van der Waals surface area contributed by atoms with Crippen LogP contribution < -0.4 is 5.73 Å². The molecule has 0 amide bonds. The predicted octanol–water partition coefficient (Wildman–Crippen LogP) is 2.69. The van der Waals surface area contributed by atoms with E-state index in [9.17, 15) is 9.18 Å². The fourth-order valence-electron chi connectivity index (χ4n) is 2.97. The van der Waals surface area contributed by atoms with Crippen LogP contribution in [0.15, 0.2) is 24.3 Å². The Hall–Kier alpha value is -1.26. The Labute approximate surface area is 126 Å². The van der Waals surface area contributed by atoms with Crippen molar-refractivity contribution in [1.82, 2.24) is 4.90 Å². The molecule has 1 saturated heterocycles. The zero-order valence-electron chi connectivity index (χ0n) is 12.6. The normalized spacial score (nSPS) is 19.9. The summed E-state index contributed by atoms with van der Waals surface area (Å²) in [5, 5.41) is 0. The van der Waals surface area contributed by atoms with E-state index in [2.05, 4.69) is 4.90 Å². The van der Waals surface area contributed by atoms with Crippen molar-refractivity contribution in [3.05, 3.63) is 41.7 Å². The molecule has 21 heavy (non-hydrogen) atoms. The fraction of sp³-hybridized carbons (Fsp3) is 0.529. The van der Waals surface area contributed by atoms with E-state index >= 15 is 0 Å². The highest BCUT2D eigenvalue weighted by Gasteiger charge is 2.31. The zero-order chi connectivity index (χ0) is 15.2. The molecule has 1 aromatic rings. The van der Waals surface area contributed by atoms with Crippen molar-refractivity contribution in [3.8, 4) is 0 Å². The SMILES string of the molecule is CCC(=O)[C](N)C1CCCCN1CCc1ccccc1F. The first-order valence-electron chi connectivity index (χ1n) is 7.76. The lowest BCUT2D eigenvalue weighted by molar-refractivity contribution is -0.118. The second-order valence-electron chi connectivity index (χ2n) is 5.62. The van der Waals surface area contributed by atoms with Gasteiger partial charge in [-0.3, -0.25) is 9.69 Å². The van der Waals surface area contributed by atoms with Gasteiger partial charge in [0.05, 0.1) is 0 Å². The average molecular weight is 291 g/mol. The van der Waals surface area contributed by atoms with Gasteiger partial charge in [-0.05, 0) is 37.4 Å². The lowest BCUT2D eigenvalue weighted by Crippen LogP contribution is -2.49. The molecule has 1 aliphatic heterocycles. The molecule has 4 heteroatoms. The number of rotatable bonds is 6. The molecular formula is C17H24FN2O. The van der Waals surface area contributed by atoms with Gasteiger partial charge >= 0.3 is 0 Å². The van der Waals surface area contributed by atoms with E-state index in [1.807, 2.05) is 19.1 Å². The minimum atomic E-state index is -0.160. The number of likely N-dealkylation sites (tertiary alicyclic amines) is 1. The molecule has 1 heterocycles. The summed E-state index contributed by atoms with van der Waals surface area (Å²) in [5.74, 6) is -0.120. The van der Waals surface area contributed by atoms with Crippen LogP contribution in [-0.2, 0) is 11.2 Å². The van der Waals surface area contributed by atoms with E-state index in [4.69, 9.17) is 5.73 Å². The van der Waals surface area contributed by atoms with Gasteiger partial charge in [0.25, 0.3) is 0 Å². The number of carbonyl (C=O) groups is 1. The van der Waals surface area contributed by atoms with Crippen LogP contribution in [0, 0.1) is 11.9 Å². The molecule has 1 unspecified atom stereocenters. The second kappa shape index (κ2) is 7.66. The van der Waals surface area contributed by atoms with Crippen LogP contribution in [-0.4, -0.2) is 29.8 Å². The van der Waals surface area contributed by atoms with Gasteiger partial charge in [-0.25, -0.2) is 4.39 Å². The molecule has 115 valence electrons. The summed E-state index contributed by atoms with van der Waals surface area (Å²) in [4.78, 5) is 14.1. The number of nitrogens with zero attached hydrogens (tertiary/aromatic N) is 1. The van der Waals surface area contributed by atoms with Gasteiger partial charge < -0.3 is 5.73 Å². The Balaban J connectivity index is 1.99. The average Bonchev–Trinajstić information content (AvgIpc) is 2.53. The lowest BCUT2D eigenvalue weighted by atomic mass is 9.92. The Morgan fingerprint density at radius 3 is 2.86 bits per heavy atom. The Morgan fingerprint density at radius 2 is 2.14 bits per heavy atom. The van der Waals surface area contributed by atoms with Gasteiger partial charge in [-0.15, -0.1) is 0 Å².